The molecule has 0 aliphatic rings. The van der Waals surface area contributed by atoms with Crippen LogP contribution in [0.4, 0.5) is 0 Å². The molecule has 66 valence electrons. The van der Waals surface area contributed by atoms with Crippen LogP contribution in [0.2, 0.25) is 5.02 Å². The van der Waals surface area contributed by atoms with Crippen molar-refractivity contribution in [2.75, 3.05) is 0 Å². The number of H-pyrrole nitrogens is 1. The second kappa shape index (κ2) is 4.74. The second-order valence-corrected chi connectivity index (χ2v) is 2.97. The number of hydrogen-bond acceptors (Lipinski definition) is 3. The molecule has 0 saturated heterocycles. The zero-order valence-corrected chi connectivity index (χ0v) is 11.3. The van der Waals surface area contributed by atoms with Crippen molar-refractivity contribution in [1.29, 1.82) is 0 Å². The van der Waals surface area contributed by atoms with Crippen LogP contribution in [0.3, 0.4) is 0 Å². The van der Waals surface area contributed by atoms with Gasteiger partial charge in [-0.3, -0.25) is 0 Å². The Morgan fingerprint density at radius 3 is 2.86 bits per heavy atom. The summed E-state index contributed by atoms with van der Waals surface area (Å²) in [6.45, 7) is 0. The van der Waals surface area contributed by atoms with E-state index in [2.05, 4.69) is 9.97 Å². The quantitative estimate of drug-likeness (QED) is 0.519. The van der Waals surface area contributed by atoms with E-state index in [9.17, 15) is 9.90 Å². The molecule has 14 heavy (non-hydrogen) atoms. The SMILES string of the molecule is O=c1nc2ccc(Cl)cc2c([O-])[nH]1.[K+]. The predicted octanol–water partition coefficient (Wildman–Crippen LogP) is -2.35. The minimum absolute atomic E-state index is 0. The Balaban J connectivity index is 0.000000980. The molecule has 1 aromatic carbocycles. The number of rotatable bonds is 0. The first-order chi connectivity index (χ1) is 6.16. The Morgan fingerprint density at radius 1 is 1.43 bits per heavy atom. The Morgan fingerprint density at radius 2 is 2.14 bits per heavy atom. The molecular formula is C8H4ClKN2O2. The van der Waals surface area contributed by atoms with Gasteiger partial charge in [-0.05, 0) is 24.1 Å². The normalized spacial score (nSPS) is 9.79. The first-order valence-corrected chi connectivity index (χ1v) is 3.91. The molecule has 6 heteroatoms. The van der Waals surface area contributed by atoms with E-state index in [1.807, 2.05) is 0 Å². The van der Waals surface area contributed by atoms with Gasteiger partial charge in [0, 0.05) is 10.4 Å². The number of aromatic nitrogens is 2. The van der Waals surface area contributed by atoms with E-state index in [4.69, 9.17) is 11.6 Å². The van der Waals surface area contributed by atoms with E-state index in [1.165, 1.54) is 12.1 Å². The third kappa shape index (κ3) is 2.36. The van der Waals surface area contributed by atoms with Crippen LogP contribution >= 0.6 is 11.6 Å². The van der Waals surface area contributed by atoms with Crippen molar-refractivity contribution in [2.24, 2.45) is 0 Å². The fourth-order valence-electron chi connectivity index (χ4n) is 1.09. The van der Waals surface area contributed by atoms with Crippen molar-refractivity contribution in [1.82, 2.24) is 9.97 Å². The van der Waals surface area contributed by atoms with Gasteiger partial charge in [-0.15, -0.1) is 0 Å². The summed E-state index contributed by atoms with van der Waals surface area (Å²) in [6.07, 6.45) is 0. The summed E-state index contributed by atoms with van der Waals surface area (Å²) >= 11 is 5.67. The molecule has 0 atom stereocenters. The molecule has 1 heterocycles. The molecule has 1 aromatic heterocycles. The minimum atomic E-state index is -0.639. The average Bonchev–Trinajstić information content (AvgIpc) is 2.06. The number of hydrogen-bond donors (Lipinski definition) is 1. The van der Waals surface area contributed by atoms with Crippen LogP contribution in [0.1, 0.15) is 0 Å². The van der Waals surface area contributed by atoms with Crippen molar-refractivity contribution >= 4 is 22.5 Å². The number of benzene rings is 1. The molecular weight excluding hydrogens is 231 g/mol. The van der Waals surface area contributed by atoms with Crippen molar-refractivity contribution in [3.63, 3.8) is 0 Å². The molecule has 2 rings (SSSR count). The Hall–Kier alpha value is 0.0864. The molecule has 0 bridgehead atoms. The van der Waals surface area contributed by atoms with E-state index in [1.54, 1.807) is 6.07 Å². The van der Waals surface area contributed by atoms with E-state index < -0.39 is 11.6 Å². The van der Waals surface area contributed by atoms with Crippen LogP contribution in [-0.2, 0) is 0 Å². The summed E-state index contributed by atoms with van der Waals surface area (Å²) in [7, 11) is 0. The summed E-state index contributed by atoms with van der Waals surface area (Å²) in [6, 6.07) is 4.59. The molecule has 0 saturated carbocycles. The molecule has 0 aliphatic carbocycles. The first-order valence-electron chi connectivity index (χ1n) is 3.53. The van der Waals surface area contributed by atoms with Crippen LogP contribution in [0, 0.1) is 0 Å². The average molecular weight is 235 g/mol. The van der Waals surface area contributed by atoms with Crippen LogP contribution in [0.15, 0.2) is 23.0 Å². The number of nitrogens with zero attached hydrogens (tertiary/aromatic N) is 1. The maximum atomic E-state index is 11.2. The first kappa shape index (κ1) is 12.2. The Bertz CT molecular complexity index is 526. The molecule has 1 N–H and O–H groups in total. The van der Waals surface area contributed by atoms with Crippen LogP contribution < -0.4 is 62.2 Å². The molecule has 4 nitrogen and oxygen atoms in total. The second-order valence-electron chi connectivity index (χ2n) is 2.53. The summed E-state index contributed by atoms with van der Waals surface area (Å²) < 4.78 is 0. The zero-order chi connectivity index (χ0) is 9.42. The molecule has 0 fully saturated rings. The monoisotopic (exact) mass is 234 g/mol. The smallest absolute Gasteiger partial charge is 0.860 e. The van der Waals surface area contributed by atoms with E-state index >= 15 is 0 Å². The third-order valence-electron chi connectivity index (χ3n) is 1.65. The van der Waals surface area contributed by atoms with Gasteiger partial charge in [0.15, 0.2) is 0 Å². The van der Waals surface area contributed by atoms with Crippen LogP contribution in [0.25, 0.3) is 10.9 Å². The van der Waals surface area contributed by atoms with Gasteiger partial charge in [0.2, 0.25) is 0 Å². The molecule has 0 unspecified atom stereocenters. The fourth-order valence-corrected chi connectivity index (χ4v) is 1.26. The van der Waals surface area contributed by atoms with Crippen LogP contribution in [0.5, 0.6) is 5.88 Å². The topological polar surface area (TPSA) is 68.8 Å². The van der Waals surface area contributed by atoms with Gasteiger partial charge >= 0.3 is 57.1 Å². The summed E-state index contributed by atoms with van der Waals surface area (Å²) in [5.41, 5.74) is -0.280. The van der Waals surface area contributed by atoms with Gasteiger partial charge in [-0.1, -0.05) is 11.6 Å². The molecule has 0 aliphatic heterocycles. The number of nitrogens with one attached hydrogen (secondary N) is 1. The van der Waals surface area contributed by atoms with E-state index in [-0.39, 0.29) is 51.4 Å². The largest absolute Gasteiger partial charge is 1.00 e. The molecule has 2 aromatic rings. The molecule has 0 spiro atoms. The van der Waals surface area contributed by atoms with Crippen molar-refractivity contribution in [3.8, 4) is 5.88 Å². The maximum absolute atomic E-state index is 11.2. The van der Waals surface area contributed by atoms with Gasteiger partial charge in [0.05, 0.1) is 5.52 Å². The number of fused-ring (bicyclic) bond motifs is 1. The van der Waals surface area contributed by atoms with Gasteiger partial charge in [-0.25, -0.2) is 4.79 Å². The summed E-state index contributed by atoms with van der Waals surface area (Å²) in [5.74, 6) is -0.461. The third-order valence-corrected chi connectivity index (χ3v) is 1.88. The van der Waals surface area contributed by atoms with Gasteiger partial charge in [-0.2, -0.15) is 4.98 Å². The predicted molar refractivity (Wildman–Crippen MR) is 46.8 cm³/mol. The Kier molecular flexibility index (Phi) is 4.11. The summed E-state index contributed by atoms with van der Waals surface area (Å²) in [4.78, 5) is 16.5. The minimum Gasteiger partial charge on any atom is -0.860 e. The molecule has 0 radical (unpaired) electrons. The summed E-state index contributed by atoms with van der Waals surface area (Å²) in [5, 5.41) is 12.0. The van der Waals surface area contributed by atoms with Crippen LogP contribution in [-0.4, -0.2) is 9.97 Å². The van der Waals surface area contributed by atoms with Crippen molar-refractivity contribution in [3.05, 3.63) is 33.7 Å². The van der Waals surface area contributed by atoms with E-state index in [0.717, 1.165) is 0 Å². The molecule has 0 amide bonds. The number of aromatic amines is 1. The zero-order valence-electron chi connectivity index (χ0n) is 7.37. The van der Waals surface area contributed by atoms with Crippen molar-refractivity contribution in [2.45, 2.75) is 0 Å². The fraction of sp³-hybridized carbons (Fsp3) is 0. The van der Waals surface area contributed by atoms with Crippen molar-refractivity contribution < 1.29 is 56.5 Å². The van der Waals surface area contributed by atoms with E-state index in [0.29, 0.717) is 15.9 Å². The maximum Gasteiger partial charge on any atom is 1.00 e. The van der Waals surface area contributed by atoms with Gasteiger partial charge < -0.3 is 10.1 Å². The van der Waals surface area contributed by atoms with Gasteiger partial charge in [0.25, 0.3) is 0 Å². The standard InChI is InChI=1S/C8H5ClN2O2.K/c9-4-1-2-6-5(3-4)7(12)11-8(13)10-6;/h1-3H,(H2,10,11,12,13);/q;+1/p-1. The van der Waals surface area contributed by atoms with Gasteiger partial charge in [0.1, 0.15) is 0 Å². The Labute approximate surface area is 127 Å². The number of halogens is 1.